The van der Waals surface area contributed by atoms with E-state index in [-0.39, 0.29) is 17.9 Å². The van der Waals surface area contributed by atoms with Gasteiger partial charge >= 0.3 is 5.91 Å². The van der Waals surface area contributed by atoms with Crippen LogP contribution in [0.25, 0.3) is 10.9 Å². The van der Waals surface area contributed by atoms with Gasteiger partial charge in [-0.2, -0.15) is 0 Å². The SMILES string of the molecule is Cc1nc2ccccc2c(=O)n1[C@H](C)C(=O)NNC(=O)c1ccc(COc2ccccc2)o1. The molecule has 0 saturated carbocycles. The highest BCUT2D eigenvalue weighted by Crippen LogP contribution is 2.14. The Bertz CT molecular complexity index is 1360. The molecule has 0 aliphatic carbocycles. The van der Waals surface area contributed by atoms with Crippen molar-refractivity contribution < 1.29 is 18.7 Å². The maximum Gasteiger partial charge on any atom is 0.305 e. The average Bonchev–Trinajstić information content (AvgIpc) is 3.31. The van der Waals surface area contributed by atoms with Gasteiger partial charge in [0, 0.05) is 0 Å². The van der Waals surface area contributed by atoms with E-state index in [1.807, 2.05) is 30.3 Å². The Kier molecular flexibility index (Phi) is 6.21. The first-order valence-electron chi connectivity index (χ1n) is 10.3. The molecular weight excluding hydrogens is 424 g/mol. The molecule has 2 aromatic carbocycles. The quantitative estimate of drug-likeness (QED) is 0.440. The van der Waals surface area contributed by atoms with Gasteiger partial charge in [0.15, 0.2) is 5.76 Å². The third-order valence-corrected chi connectivity index (χ3v) is 5.06. The summed E-state index contributed by atoms with van der Waals surface area (Å²) in [6.07, 6.45) is 0. The molecular formula is C24H22N4O5. The lowest BCUT2D eigenvalue weighted by Gasteiger charge is -2.18. The van der Waals surface area contributed by atoms with Gasteiger partial charge in [-0.1, -0.05) is 30.3 Å². The fourth-order valence-corrected chi connectivity index (χ4v) is 3.36. The first-order valence-corrected chi connectivity index (χ1v) is 10.3. The highest BCUT2D eigenvalue weighted by Gasteiger charge is 2.21. The molecule has 0 spiro atoms. The number of carbonyl (C=O) groups excluding carboxylic acids is 2. The molecule has 0 bridgehead atoms. The Labute approximate surface area is 189 Å². The number of aryl methyl sites for hydroxylation is 1. The number of fused-ring (bicyclic) bond motifs is 1. The normalized spacial score (nSPS) is 11.7. The van der Waals surface area contributed by atoms with E-state index in [0.29, 0.717) is 28.2 Å². The molecule has 2 aromatic heterocycles. The van der Waals surface area contributed by atoms with Crippen LogP contribution in [-0.2, 0) is 11.4 Å². The first-order chi connectivity index (χ1) is 15.9. The number of hydrogen-bond donors (Lipinski definition) is 2. The molecule has 4 aromatic rings. The Morgan fingerprint density at radius 1 is 1.03 bits per heavy atom. The van der Waals surface area contributed by atoms with Crippen molar-refractivity contribution in [2.75, 3.05) is 0 Å². The number of aromatic nitrogens is 2. The molecule has 168 valence electrons. The number of nitrogens with zero attached hydrogens (tertiary/aromatic N) is 2. The molecule has 0 radical (unpaired) electrons. The van der Waals surface area contributed by atoms with Crippen LogP contribution in [0.1, 0.15) is 35.1 Å². The van der Waals surface area contributed by atoms with Crippen LogP contribution in [0.2, 0.25) is 0 Å². The van der Waals surface area contributed by atoms with Crippen molar-refractivity contribution in [1.29, 1.82) is 0 Å². The second kappa shape index (κ2) is 9.39. The number of ether oxygens (including phenoxy) is 1. The summed E-state index contributed by atoms with van der Waals surface area (Å²) in [6, 6.07) is 18.3. The van der Waals surface area contributed by atoms with Crippen LogP contribution >= 0.6 is 0 Å². The van der Waals surface area contributed by atoms with Crippen LogP contribution < -0.4 is 21.1 Å². The van der Waals surface area contributed by atoms with E-state index >= 15 is 0 Å². The Morgan fingerprint density at radius 2 is 1.76 bits per heavy atom. The van der Waals surface area contributed by atoms with Crippen LogP contribution in [0.3, 0.4) is 0 Å². The van der Waals surface area contributed by atoms with E-state index < -0.39 is 17.9 Å². The van der Waals surface area contributed by atoms with Gasteiger partial charge in [0.05, 0.1) is 10.9 Å². The van der Waals surface area contributed by atoms with E-state index in [4.69, 9.17) is 9.15 Å². The molecule has 2 amide bonds. The predicted molar refractivity (Wildman–Crippen MR) is 121 cm³/mol. The van der Waals surface area contributed by atoms with E-state index in [0.717, 1.165) is 0 Å². The van der Waals surface area contributed by atoms with Gasteiger partial charge in [0.1, 0.15) is 30.0 Å². The van der Waals surface area contributed by atoms with Gasteiger partial charge < -0.3 is 9.15 Å². The summed E-state index contributed by atoms with van der Waals surface area (Å²) in [5.74, 6) is 0.312. The number of amides is 2. The van der Waals surface area contributed by atoms with Gasteiger partial charge in [-0.15, -0.1) is 0 Å². The number of furan rings is 1. The fraction of sp³-hybridized carbons (Fsp3) is 0.167. The van der Waals surface area contributed by atoms with Crippen molar-refractivity contribution in [1.82, 2.24) is 20.4 Å². The molecule has 0 aliphatic heterocycles. The lowest BCUT2D eigenvalue weighted by Crippen LogP contribution is -2.46. The number of rotatable bonds is 6. The number of para-hydroxylation sites is 2. The van der Waals surface area contributed by atoms with Crippen LogP contribution in [0.4, 0.5) is 0 Å². The Hall–Kier alpha value is -4.40. The third kappa shape index (κ3) is 4.77. The molecule has 4 rings (SSSR count). The number of hydrazine groups is 1. The molecule has 2 heterocycles. The summed E-state index contributed by atoms with van der Waals surface area (Å²) in [4.78, 5) is 42.2. The number of benzene rings is 2. The van der Waals surface area contributed by atoms with Crippen molar-refractivity contribution in [3.05, 3.63) is 94.4 Å². The van der Waals surface area contributed by atoms with Crippen LogP contribution in [0.5, 0.6) is 5.75 Å². The molecule has 9 nitrogen and oxygen atoms in total. The molecule has 33 heavy (non-hydrogen) atoms. The van der Waals surface area contributed by atoms with Crippen LogP contribution in [0, 0.1) is 6.92 Å². The third-order valence-electron chi connectivity index (χ3n) is 5.06. The molecule has 0 fully saturated rings. The van der Waals surface area contributed by atoms with Crippen molar-refractivity contribution in [2.24, 2.45) is 0 Å². The molecule has 9 heteroatoms. The summed E-state index contributed by atoms with van der Waals surface area (Å²) in [5.41, 5.74) is 4.86. The smallest absolute Gasteiger partial charge is 0.305 e. The van der Waals surface area contributed by atoms with Crippen LogP contribution in [-0.4, -0.2) is 21.4 Å². The number of carbonyl (C=O) groups is 2. The Morgan fingerprint density at radius 3 is 2.55 bits per heavy atom. The standard InChI is InChI=1S/C24H22N4O5/c1-15(28-16(2)25-20-11-7-6-10-19(20)24(28)31)22(29)26-27-23(30)21-13-12-18(33-21)14-32-17-8-4-3-5-9-17/h3-13,15H,14H2,1-2H3,(H,26,29)(H,27,30)/t15-/m1/s1. The lowest BCUT2D eigenvalue weighted by atomic mass is 10.2. The van der Waals surface area contributed by atoms with Crippen LogP contribution in [0.15, 0.2) is 75.9 Å². The zero-order valence-corrected chi connectivity index (χ0v) is 18.1. The minimum absolute atomic E-state index is 0.00957. The second-order valence-electron chi connectivity index (χ2n) is 7.34. The minimum atomic E-state index is -0.902. The van der Waals surface area contributed by atoms with Crippen molar-refractivity contribution >= 4 is 22.7 Å². The zero-order valence-electron chi connectivity index (χ0n) is 18.1. The van der Waals surface area contributed by atoms with E-state index in [1.54, 1.807) is 44.2 Å². The van der Waals surface area contributed by atoms with Crippen molar-refractivity contribution in [3.8, 4) is 5.75 Å². The average molecular weight is 446 g/mol. The summed E-state index contributed by atoms with van der Waals surface area (Å²) >= 11 is 0. The topological polar surface area (TPSA) is 115 Å². The van der Waals surface area contributed by atoms with Gasteiger partial charge in [0.25, 0.3) is 11.5 Å². The van der Waals surface area contributed by atoms with Crippen molar-refractivity contribution in [2.45, 2.75) is 26.5 Å². The first kappa shape index (κ1) is 21.8. The highest BCUT2D eigenvalue weighted by molar-refractivity contribution is 5.93. The maximum atomic E-state index is 12.9. The number of nitrogens with one attached hydrogen (secondary N) is 2. The highest BCUT2D eigenvalue weighted by atomic mass is 16.5. The number of hydrogen-bond acceptors (Lipinski definition) is 6. The molecule has 0 aliphatic rings. The lowest BCUT2D eigenvalue weighted by molar-refractivity contribution is -0.124. The van der Waals surface area contributed by atoms with Gasteiger partial charge in [-0.3, -0.25) is 29.8 Å². The summed E-state index contributed by atoms with van der Waals surface area (Å²) < 4.78 is 12.3. The van der Waals surface area contributed by atoms with E-state index in [1.165, 1.54) is 10.6 Å². The molecule has 0 unspecified atom stereocenters. The summed E-state index contributed by atoms with van der Waals surface area (Å²) in [7, 11) is 0. The maximum absolute atomic E-state index is 12.9. The van der Waals surface area contributed by atoms with Crippen molar-refractivity contribution in [3.63, 3.8) is 0 Å². The van der Waals surface area contributed by atoms with Gasteiger partial charge in [-0.25, -0.2) is 4.98 Å². The predicted octanol–water partition coefficient (Wildman–Crippen LogP) is 2.90. The summed E-state index contributed by atoms with van der Waals surface area (Å²) in [5, 5.41) is 0.410. The fourth-order valence-electron chi connectivity index (χ4n) is 3.36. The van der Waals surface area contributed by atoms with Gasteiger partial charge in [-0.05, 0) is 50.2 Å². The monoisotopic (exact) mass is 446 g/mol. The minimum Gasteiger partial charge on any atom is -0.486 e. The molecule has 2 N–H and O–H groups in total. The molecule has 0 saturated heterocycles. The van der Waals surface area contributed by atoms with E-state index in [9.17, 15) is 14.4 Å². The molecule has 1 atom stereocenters. The summed E-state index contributed by atoms with van der Waals surface area (Å²) in [6.45, 7) is 3.36. The second-order valence-corrected chi connectivity index (χ2v) is 7.34. The van der Waals surface area contributed by atoms with E-state index in [2.05, 4.69) is 15.8 Å². The largest absolute Gasteiger partial charge is 0.486 e. The Balaban J connectivity index is 1.38. The zero-order chi connectivity index (χ0) is 23.4. The van der Waals surface area contributed by atoms with Gasteiger partial charge in [0.2, 0.25) is 0 Å².